The summed E-state index contributed by atoms with van der Waals surface area (Å²) in [7, 11) is 0. The highest BCUT2D eigenvalue weighted by Gasteiger charge is 2.23. The molecule has 3 heterocycles. The average Bonchev–Trinajstić information content (AvgIpc) is 2.76. The molecule has 0 aliphatic carbocycles. The van der Waals surface area contributed by atoms with E-state index in [0.717, 1.165) is 37.9 Å². The predicted molar refractivity (Wildman–Crippen MR) is 69.6 cm³/mol. The van der Waals surface area contributed by atoms with E-state index in [1.165, 1.54) is 38.5 Å². The Kier molecular flexibility index (Phi) is 3.78. The summed E-state index contributed by atoms with van der Waals surface area (Å²) in [5.41, 5.74) is 0. The maximum Gasteiger partial charge on any atom is 0.266 e. The number of hydrogen-bond donors (Lipinski definition) is 1. The van der Waals surface area contributed by atoms with Crippen LogP contribution in [0, 0.1) is 0 Å². The van der Waals surface area contributed by atoms with Gasteiger partial charge in [0, 0.05) is 13.1 Å². The molecule has 1 N–H and O–H groups in total. The molecule has 1 aromatic heterocycles. The lowest BCUT2D eigenvalue weighted by atomic mass is 10.1. The van der Waals surface area contributed by atoms with Gasteiger partial charge in [0.05, 0.1) is 6.04 Å². The zero-order valence-corrected chi connectivity index (χ0v) is 10.9. The van der Waals surface area contributed by atoms with E-state index in [1.54, 1.807) is 0 Å². The van der Waals surface area contributed by atoms with Crippen LogP contribution in [0.25, 0.3) is 0 Å². The first kappa shape index (κ1) is 12.0. The minimum atomic E-state index is 0.270. The third kappa shape index (κ3) is 2.66. The Morgan fingerprint density at radius 2 is 1.89 bits per heavy atom. The molecule has 2 fully saturated rings. The van der Waals surface area contributed by atoms with E-state index < -0.39 is 0 Å². The molecular weight excluding hydrogens is 228 g/mol. The van der Waals surface area contributed by atoms with Gasteiger partial charge in [-0.15, -0.1) is 0 Å². The van der Waals surface area contributed by atoms with Crippen LogP contribution in [-0.2, 0) is 0 Å². The van der Waals surface area contributed by atoms with Gasteiger partial charge in [0.2, 0.25) is 5.89 Å². The molecule has 2 saturated heterocycles. The van der Waals surface area contributed by atoms with Crippen molar-refractivity contribution in [3.05, 3.63) is 5.89 Å². The summed E-state index contributed by atoms with van der Waals surface area (Å²) in [5.74, 6) is 1.56. The Bertz CT molecular complexity index is 365. The van der Waals surface area contributed by atoms with E-state index in [9.17, 15) is 0 Å². The fourth-order valence-corrected chi connectivity index (χ4v) is 2.83. The monoisotopic (exact) mass is 250 g/mol. The number of rotatable bonds is 2. The molecule has 2 aliphatic rings. The Morgan fingerprint density at radius 3 is 2.61 bits per heavy atom. The Balaban J connectivity index is 1.67. The second-order valence-corrected chi connectivity index (χ2v) is 5.34. The molecule has 0 spiro atoms. The molecule has 1 atom stereocenters. The molecule has 0 aromatic carbocycles. The second-order valence-electron chi connectivity index (χ2n) is 5.34. The van der Waals surface area contributed by atoms with Gasteiger partial charge in [-0.3, -0.25) is 0 Å². The number of piperidine rings is 1. The first-order valence-corrected chi connectivity index (χ1v) is 7.25. The van der Waals surface area contributed by atoms with Gasteiger partial charge in [-0.05, 0) is 37.4 Å². The quantitative estimate of drug-likeness (QED) is 0.872. The maximum atomic E-state index is 5.43. The molecule has 5 nitrogen and oxygen atoms in total. The first-order valence-electron chi connectivity index (χ1n) is 7.25. The zero-order valence-electron chi connectivity index (χ0n) is 10.9. The van der Waals surface area contributed by atoms with Gasteiger partial charge < -0.3 is 14.7 Å². The molecule has 0 saturated carbocycles. The number of aromatic nitrogens is 2. The fraction of sp³-hybridized carbons (Fsp3) is 0.846. The van der Waals surface area contributed by atoms with E-state index in [4.69, 9.17) is 4.52 Å². The predicted octanol–water partition coefficient (Wildman–Crippen LogP) is 2.26. The van der Waals surface area contributed by atoms with E-state index in [-0.39, 0.29) is 6.04 Å². The van der Waals surface area contributed by atoms with E-state index in [2.05, 4.69) is 20.4 Å². The minimum absolute atomic E-state index is 0.270. The van der Waals surface area contributed by atoms with Gasteiger partial charge in [0.25, 0.3) is 5.95 Å². The zero-order chi connectivity index (χ0) is 12.2. The number of anilines is 1. The van der Waals surface area contributed by atoms with Crippen LogP contribution in [0.2, 0.25) is 0 Å². The van der Waals surface area contributed by atoms with Crippen LogP contribution < -0.4 is 10.2 Å². The van der Waals surface area contributed by atoms with Crippen molar-refractivity contribution in [2.45, 2.75) is 51.0 Å². The van der Waals surface area contributed by atoms with Crippen molar-refractivity contribution in [2.75, 3.05) is 24.5 Å². The second kappa shape index (κ2) is 5.69. The van der Waals surface area contributed by atoms with Crippen molar-refractivity contribution in [3.63, 3.8) is 0 Å². The molecule has 3 rings (SSSR count). The Hall–Kier alpha value is -1.10. The summed E-state index contributed by atoms with van der Waals surface area (Å²) < 4.78 is 5.43. The van der Waals surface area contributed by atoms with E-state index in [1.807, 2.05) is 0 Å². The lowest BCUT2D eigenvalue weighted by Gasteiger charge is -2.20. The van der Waals surface area contributed by atoms with Crippen LogP contribution in [-0.4, -0.2) is 29.8 Å². The lowest BCUT2D eigenvalue weighted by Crippen LogP contribution is -2.27. The number of nitrogens with one attached hydrogen (secondary N) is 1. The standard InChI is InChI=1S/C13H22N4O/c1-2-6-10-17(9-5-1)13-15-12(18-16-13)11-7-3-4-8-14-11/h11,14H,1-10H2. The molecule has 0 bridgehead atoms. The summed E-state index contributed by atoms with van der Waals surface area (Å²) in [6, 6.07) is 0.270. The highest BCUT2D eigenvalue weighted by molar-refractivity contribution is 5.28. The summed E-state index contributed by atoms with van der Waals surface area (Å²) in [6.07, 6.45) is 8.75. The van der Waals surface area contributed by atoms with Crippen LogP contribution >= 0.6 is 0 Å². The van der Waals surface area contributed by atoms with E-state index in [0.29, 0.717) is 0 Å². The Morgan fingerprint density at radius 1 is 1.06 bits per heavy atom. The van der Waals surface area contributed by atoms with Crippen LogP contribution in [0.5, 0.6) is 0 Å². The minimum Gasteiger partial charge on any atom is -0.338 e. The van der Waals surface area contributed by atoms with Crippen molar-refractivity contribution in [2.24, 2.45) is 0 Å². The molecule has 1 aromatic rings. The van der Waals surface area contributed by atoms with Crippen LogP contribution in [0.1, 0.15) is 56.9 Å². The topological polar surface area (TPSA) is 54.2 Å². The third-order valence-corrected chi connectivity index (χ3v) is 3.93. The number of nitrogens with zero attached hydrogens (tertiary/aromatic N) is 3. The van der Waals surface area contributed by atoms with Crippen molar-refractivity contribution >= 4 is 5.95 Å². The first-order chi connectivity index (χ1) is 8.93. The highest BCUT2D eigenvalue weighted by atomic mass is 16.5. The van der Waals surface area contributed by atoms with Gasteiger partial charge in [0.15, 0.2) is 0 Å². The van der Waals surface area contributed by atoms with Crippen LogP contribution in [0.15, 0.2) is 4.52 Å². The maximum absolute atomic E-state index is 5.43. The molecule has 0 radical (unpaired) electrons. The molecule has 18 heavy (non-hydrogen) atoms. The highest BCUT2D eigenvalue weighted by Crippen LogP contribution is 2.24. The summed E-state index contributed by atoms with van der Waals surface area (Å²) >= 11 is 0. The normalized spacial score (nSPS) is 26.0. The van der Waals surface area contributed by atoms with Crippen LogP contribution in [0.4, 0.5) is 5.95 Å². The lowest BCUT2D eigenvalue weighted by molar-refractivity contribution is 0.297. The summed E-state index contributed by atoms with van der Waals surface area (Å²) in [5, 5.41) is 7.61. The summed E-state index contributed by atoms with van der Waals surface area (Å²) in [6.45, 7) is 3.19. The molecule has 2 aliphatic heterocycles. The summed E-state index contributed by atoms with van der Waals surface area (Å²) in [4.78, 5) is 6.85. The van der Waals surface area contributed by atoms with Crippen LogP contribution in [0.3, 0.4) is 0 Å². The molecule has 100 valence electrons. The molecular formula is C13H22N4O. The van der Waals surface area contributed by atoms with E-state index >= 15 is 0 Å². The molecule has 1 unspecified atom stereocenters. The number of hydrogen-bond acceptors (Lipinski definition) is 5. The SMILES string of the molecule is C1CCCN(c2noc(C3CCCCN3)n2)CC1. The van der Waals surface area contributed by atoms with Gasteiger partial charge in [-0.25, -0.2) is 0 Å². The third-order valence-electron chi connectivity index (χ3n) is 3.93. The molecule has 5 heteroatoms. The van der Waals surface area contributed by atoms with Gasteiger partial charge in [-0.2, -0.15) is 4.98 Å². The average molecular weight is 250 g/mol. The fourth-order valence-electron chi connectivity index (χ4n) is 2.83. The van der Waals surface area contributed by atoms with Crippen molar-refractivity contribution < 1.29 is 4.52 Å². The smallest absolute Gasteiger partial charge is 0.266 e. The van der Waals surface area contributed by atoms with Crippen molar-refractivity contribution in [1.29, 1.82) is 0 Å². The van der Waals surface area contributed by atoms with Gasteiger partial charge in [-0.1, -0.05) is 19.3 Å². The van der Waals surface area contributed by atoms with Crippen molar-refractivity contribution in [1.82, 2.24) is 15.5 Å². The van der Waals surface area contributed by atoms with Gasteiger partial charge in [0.1, 0.15) is 0 Å². The van der Waals surface area contributed by atoms with Crippen molar-refractivity contribution in [3.8, 4) is 0 Å². The Labute approximate surface area is 108 Å². The largest absolute Gasteiger partial charge is 0.338 e. The van der Waals surface area contributed by atoms with Gasteiger partial charge >= 0.3 is 0 Å². The molecule has 0 amide bonds.